The number of ether oxygens (including phenoxy) is 1. The molecule has 0 unspecified atom stereocenters. The number of carbonyl (C=O) groups is 1. The summed E-state index contributed by atoms with van der Waals surface area (Å²) in [4.78, 5) is 12.5. The van der Waals surface area contributed by atoms with Crippen molar-refractivity contribution in [3.8, 4) is 5.75 Å². The largest absolute Gasteiger partial charge is 0.486 e. The Kier molecular flexibility index (Phi) is 5.84. The summed E-state index contributed by atoms with van der Waals surface area (Å²) < 4.78 is 26.0. The van der Waals surface area contributed by atoms with Crippen molar-refractivity contribution in [3.63, 3.8) is 0 Å². The molecule has 0 atom stereocenters. The zero-order chi connectivity index (χ0) is 21.8. The lowest BCUT2D eigenvalue weighted by Gasteiger charge is -2.07. The van der Waals surface area contributed by atoms with Crippen LogP contribution in [0.4, 0.5) is 10.1 Å². The third kappa shape index (κ3) is 5.19. The molecule has 2 aromatic carbocycles. The Hall–Kier alpha value is -3.87. The van der Waals surface area contributed by atoms with Crippen molar-refractivity contribution in [2.24, 2.45) is 0 Å². The quantitative estimate of drug-likeness (QED) is 0.452. The monoisotopic (exact) mass is 419 g/mol. The van der Waals surface area contributed by atoms with Gasteiger partial charge >= 0.3 is 0 Å². The SMILES string of the molecule is Cc1cc(C)n(Cc2ccc(NC(=O)c3ccc(COc4ccc(F)cc4)o3)cc2)n1. The second-order valence-corrected chi connectivity index (χ2v) is 7.24. The number of furan rings is 1. The standard InChI is InChI=1S/C24H22FN3O3/c1-16-13-17(2)28(27-16)14-18-3-7-20(8-4-18)26-24(29)23-12-11-22(31-23)15-30-21-9-5-19(25)6-10-21/h3-13H,14-15H2,1-2H3,(H,26,29). The minimum Gasteiger partial charge on any atom is -0.486 e. The first-order valence-corrected chi connectivity index (χ1v) is 9.85. The molecule has 2 heterocycles. The van der Waals surface area contributed by atoms with Gasteiger partial charge in [0, 0.05) is 11.4 Å². The van der Waals surface area contributed by atoms with Crippen molar-refractivity contribution >= 4 is 11.6 Å². The highest BCUT2D eigenvalue weighted by Gasteiger charge is 2.12. The number of nitrogens with one attached hydrogen (secondary N) is 1. The molecule has 7 heteroatoms. The lowest BCUT2D eigenvalue weighted by atomic mass is 10.2. The van der Waals surface area contributed by atoms with Crippen LogP contribution in [0.1, 0.15) is 33.3 Å². The molecule has 0 saturated heterocycles. The molecule has 6 nitrogen and oxygen atoms in total. The van der Waals surface area contributed by atoms with Gasteiger partial charge in [0.05, 0.1) is 12.2 Å². The van der Waals surface area contributed by atoms with Gasteiger partial charge in [-0.3, -0.25) is 9.48 Å². The smallest absolute Gasteiger partial charge is 0.291 e. The van der Waals surface area contributed by atoms with Gasteiger partial charge in [0.25, 0.3) is 5.91 Å². The number of aryl methyl sites for hydroxylation is 2. The summed E-state index contributed by atoms with van der Waals surface area (Å²) in [6.45, 7) is 4.80. The van der Waals surface area contributed by atoms with Crippen molar-refractivity contribution in [2.75, 3.05) is 5.32 Å². The fourth-order valence-corrected chi connectivity index (χ4v) is 3.16. The normalized spacial score (nSPS) is 10.8. The average molecular weight is 419 g/mol. The summed E-state index contributed by atoms with van der Waals surface area (Å²) in [7, 11) is 0. The van der Waals surface area contributed by atoms with Crippen molar-refractivity contribution < 1.29 is 18.3 Å². The van der Waals surface area contributed by atoms with E-state index in [0.717, 1.165) is 17.0 Å². The number of anilines is 1. The van der Waals surface area contributed by atoms with Gasteiger partial charge in [0.15, 0.2) is 5.76 Å². The van der Waals surface area contributed by atoms with E-state index in [2.05, 4.69) is 10.4 Å². The maximum Gasteiger partial charge on any atom is 0.291 e. The highest BCUT2D eigenvalue weighted by Crippen LogP contribution is 2.17. The van der Waals surface area contributed by atoms with Crippen LogP contribution in [-0.2, 0) is 13.2 Å². The third-order valence-electron chi connectivity index (χ3n) is 4.73. The first-order valence-electron chi connectivity index (χ1n) is 9.85. The molecule has 0 aliphatic carbocycles. The van der Waals surface area contributed by atoms with E-state index in [9.17, 15) is 9.18 Å². The van der Waals surface area contributed by atoms with E-state index < -0.39 is 0 Å². The molecule has 0 fully saturated rings. The van der Waals surface area contributed by atoms with Crippen molar-refractivity contribution in [2.45, 2.75) is 27.0 Å². The predicted molar refractivity (Wildman–Crippen MR) is 115 cm³/mol. The van der Waals surface area contributed by atoms with E-state index in [0.29, 0.717) is 23.7 Å². The van der Waals surface area contributed by atoms with Crippen LogP contribution < -0.4 is 10.1 Å². The number of rotatable bonds is 7. The van der Waals surface area contributed by atoms with Crippen molar-refractivity contribution in [1.29, 1.82) is 0 Å². The van der Waals surface area contributed by atoms with Gasteiger partial charge in [-0.2, -0.15) is 5.10 Å². The molecule has 1 amide bonds. The van der Waals surface area contributed by atoms with Crippen LogP contribution in [0.5, 0.6) is 5.75 Å². The van der Waals surface area contributed by atoms with E-state index in [-0.39, 0.29) is 24.1 Å². The molecular formula is C24H22FN3O3. The number of hydrogen-bond donors (Lipinski definition) is 1. The Bertz CT molecular complexity index is 1180. The average Bonchev–Trinajstić information content (AvgIpc) is 3.35. The van der Waals surface area contributed by atoms with Crippen molar-refractivity contribution in [1.82, 2.24) is 9.78 Å². The van der Waals surface area contributed by atoms with Gasteiger partial charge in [-0.15, -0.1) is 0 Å². The van der Waals surface area contributed by atoms with Crippen molar-refractivity contribution in [3.05, 3.63) is 101 Å². The summed E-state index contributed by atoms with van der Waals surface area (Å²) in [5.41, 5.74) is 3.85. The number of amides is 1. The van der Waals surface area contributed by atoms with E-state index in [1.807, 2.05) is 48.9 Å². The fourth-order valence-electron chi connectivity index (χ4n) is 3.16. The zero-order valence-electron chi connectivity index (χ0n) is 17.3. The third-order valence-corrected chi connectivity index (χ3v) is 4.73. The van der Waals surface area contributed by atoms with Crippen LogP contribution in [0.3, 0.4) is 0 Å². The van der Waals surface area contributed by atoms with Gasteiger partial charge in [0.2, 0.25) is 0 Å². The molecule has 4 rings (SSSR count). The van der Waals surface area contributed by atoms with Crippen LogP contribution in [0.15, 0.2) is 71.1 Å². The molecule has 0 saturated carbocycles. The van der Waals surface area contributed by atoms with Gasteiger partial charge in [-0.25, -0.2) is 4.39 Å². The fraction of sp³-hybridized carbons (Fsp3) is 0.167. The second kappa shape index (κ2) is 8.87. The topological polar surface area (TPSA) is 69.3 Å². The van der Waals surface area contributed by atoms with Gasteiger partial charge in [-0.1, -0.05) is 12.1 Å². The molecular weight excluding hydrogens is 397 g/mol. The molecule has 0 radical (unpaired) electrons. The number of hydrogen-bond acceptors (Lipinski definition) is 4. The Morgan fingerprint density at radius 1 is 1.06 bits per heavy atom. The Balaban J connectivity index is 1.33. The number of carbonyl (C=O) groups excluding carboxylic acids is 1. The van der Waals surface area contributed by atoms with E-state index in [1.165, 1.54) is 24.3 Å². The number of nitrogens with zero attached hydrogens (tertiary/aromatic N) is 2. The summed E-state index contributed by atoms with van der Waals surface area (Å²) >= 11 is 0. The van der Waals surface area contributed by atoms with E-state index in [1.54, 1.807) is 12.1 Å². The maximum atomic E-state index is 12.9. The molecule has 0 aliphatic heterocycles. The van der Waals surface area contributed by atoms with Gasteiger partial charge in [-0.05, 0) is 74.0 Å². The highest BCUT2D eigenvalue weighted by molar-refractivity contribution is 6.02. The van der Waals surface area contributed by atoms with E-state index in [4.69, 9.17) is 9.15 Å². The Morgan fingerprint density at radius 2 is 1.81 bits per heavy atom. The molecule has 0 spiro atoms. The molecule has 158 valence electrons. The van der Waals surface area contributed by atoms with Crippen LogP contribution in [-0.4, -0.2) is 15.7 Å². The zero-order valence-corrected chi connectivity index (χ0v) is 17.3. The molecule has 4 aromatic rings. The molecule has 31 heavy (non-hydrogen) atoms. The van der Waals surface area contributed by atoms with Crippen LogP contribution in [0.25, 0.3) is 0 Å². The lowest BCUT2D eigenvalue weighted by Crippen LogP contribution is -2.11. The molecule has 0 bridgehead atoms. The summed E-state index contributed by atoms with van der Waals surface area (Å²) in [5.74, 6) is 0.520. The Labute approximate surface area is 179 Å². The first-order chi connectivity index (χ1) is 15.0. The predicted octanol–water partition coefficient (Wildman–Crippen LogP) is 5.11. The van der Waals surface area contributed by atoms with Crippen LogP contribution in [0, 0.1) is 19.7 Å². The second-order valence-electron chi connectivity index (χ2n) is 7.24. The number of halogens is 1. The van der Waals surface area contributed by atoms with E-state index >= 15 is 0 Å². The summed E-state index contributed by atoms with van der Waals surface area (Å²) in [5, 5.41) is 7.28. The minimum absolute atomic E-state index is 0.139. The number of aromatic nitrogens is 2. The van der Waals surface area contributed by atoms with Gasteiger partial charge in [0.1, 0.15) is 23.9 Å². The molecule has 2 aromatic heterocycles. The minimum atomic E-state index is -0.348. The maximum absolute atomic E-state index is 12.9. The summed E-state index contributed by atoms with van der Waals surface area (Å²) in [6, 6.07) is 18.6. The summed E-state index contributed by atoms with van der Waals surface area (Å²) in [6.07, 6.45) is 0. The van der Waals surface area contributed by atoms with Crippen LogP contribution in [0.2, 0.25) is 0 Å². The molecule has 1 N–H and O–H groups in total. The van der Waals surface area contributed by atoms with Crippen LogP contribution >= 0.6 is 0 Å². The van der Waals surface area contributed by atoms with Gasteiger partial charge < -0.3 is 14.5 Å². The first kappa shape index (κ1) is 20.4. The Morgan fingerprint density at radius 3 is 2.48 bits per heavy atom. The lowest BCUT2D eigenvalue weighted by molar-refractivity contribution is 0.0992. The molecule has 0 aliphatic rings. The highest BCUT2D eigenvalue weighted by atomic mass is 19.1. The number of benzene rings is 2.